The highest BCUT2D eigenvalue weighted by Gasteiger charge is 2.35. The molecule has 0 aliphatic heterocycles. The lowest BCUT2D eigenvalue weighted by molar-refractivity contribution is -0.140. The zero-order valence-electron chi connectivity index (χ0n) is 25.2. The fraction of sp³-hybridized carbons (Fsp3) is 0.257. The summed E-state index contributed by atoms with van der Waals surface area (Å²) >= 11 is 0. The number of aryl methyl sites for hydroxylation is 1. The molecule has 0 bridgehead atoms. The molecule has 9 heteroatoms. The van der Waals surface area contributed by atoms with Crippen LogP contribution in [-0.2, 0) is 32.6 Å². The van der Waals surface area contributed by atoms with E-state index in [1.54, 1.807) is 18.2 Å². The van der Waals surface area contributed by atoms with Crippen molar-refractivity contribution in [1.29, 1.82) is 0 Å². The highest BCUT2D eigenvalue weighted by Crippen LogP contribution is 2.25. The minimum Gasteiger partial charge on any atom is -0.352 e. The Bertz CT molecular complexity index is 1630. The van der Waals surface area contributed by atoms with Crippen LogP contribution in [0.5, 0.6) is 0 Å². The van der Waals surface area contributed by atoms with Gasteiger partial charge in [0.1, 0.15) is 18.4 Å². The minimum absolute atomic E-state index is 0.0161. The van der Waals surface area contributed by atoms with Crippen molar-refractivity contribution in [2.24, 2.45) is 0 Å². The molecular weight excluding hydrogens is 577 g/mol. The average molecular weight is 616 g/mol. The molecule has 2 atom stereocenters. The number of rotatable bonds is 13. The number of benzene rings is 4. The van der Waals surface area contributed by atoms with E-state index in [9.17, 15) is 22.4 Å². The molecular formula is C35H38FN3O4S. The fourth-order valence-electron chi connectivity index (χ4n) is 4.74. The number of nitrogens with zero attached hydrogens (tertiary/aromatic N) is 2. The molecule has 0 radical (unpaired) electrons. The average Bonchev–Trinajstić information content (AvgIpc) is 3.03. The third kappa shape index (κ3) is 8.32. The van der Waals surface area contributed by atoms with Gasteiger partial charge in [0.15, 0.2) is 0 Å². The third-order valence-electron chi connectivity index (χ3n) is 7.47. The number of sulfonamides is 1. The smallest absolute Gasteiger partial charge is 0.264 e. The van der Waals surface area contributed by atoms with Crippen LogP contribution in [0.2, 0.25) is 0 Å². The minimum atomic E-state index is -4.24. The second-order valence-corrected chi connectivity index (χ2v) is 12.7. The van der Waals surface area contributed by atoms with Crippen LogP contribution in [0.4, 0.5) is 10.1 Å². The molecule has 1 N–H and O–H groups in total. The lowest BCUT2D eigenvalue weighted by Gasteiger charge is -2.34. The van der Waals surface area contributed by atoms with Gasteiger partial charge in [-0.3, -0.25) is 13.9 Å². The van der Waals surface area contributed by atoms with Crippen molar-refractivity contribution in [2.45, 2.75) is 57.1 Å². The Kier molecular flexibility index (Phi) is 10.9. The molecule has 0 unspecified atom stereocenters. The predicted octanol–water partition coefficient (Wildman–Crippen LogP) is 5.88. The van der Waals surface area contributed by atoms with E-state index in [1.165, 1.54) is 29.2 Å². The number of anilines is 1. The molecule has 0 spiro atoms. The Morgan fingerprint density at radius 1 is 0.818 bits per heavy atom. The van der Waals surface area contributed by atoms with Gasteiger partial charge in [0.25, 0.3) is 10.0 Å². The number of carbonyl (C=O) groups excluding carboxylic acids is 2. The summed E-state index contributed by atoms with van der Waals surface area (Å²) in [4.78, 5) is 29.7. The fourth-order valence-corrected chi connectivity index (χ4v) is 6.18. The van der Waals surface area contributed by atoms with E-state index in [-0.39, 0.29) is 35.5 Å². The summed E-state index contributed by atoms with van der Waals surface area (Å²) in [5.41, 5.74) is 2.81. The molecule has 0 aliphatic rings. The molecule has 0 saturated heterocycles. The monoisotopic (exact) mass is 615 g/mol. The lowest BCUT2D eigenvalue weighted by atomic mass is 10.0. The van der Waals surface area contributed by atoms with Gasteiger partial charge in [-0.1, -0.05) is 85.3 Å². The molecule has 0 aliphatic carbocycles. The van der Waals surface area contributed by atoms with Crippen molar-refractivity contribution < 1.29 is 22.4 Å². The number of carbonyl (C=O) groups is 2. The normalized spacial score (nSPS) is 12.6. The molecule has 4 rings (SSSR count). The number of hydrogen-bond donors (Lipinski definition) is 1. The van der Waals surface area contributed by atoms with Gasteiger partial charge in [-0.15, -0.1) is 0 Å². The SMILES string of the molecule is CC[C@@H](C)NC(=O)[C@H](Cc1ccccc1)N(Cc1ccc(C)cc1)C(=O)CN(c1ccc(F)cc1)S(=O)(=O)c1ccccc1. The van der Waals surface area contributed by atoms with Gasteiger partial charge in [-0.25, -0.2) is 12.8 Å². The zero-order valence-corrected chi connectivity index (χ0v) is 26.0. The van der Waals surface area contributed by atoms with E-state index in [0.29, 0.717) is 6.42 Å². The highest BCUT2D eigenvalue weighted by atomic mass is 32.2. The number of hydrogen-bond acceptors (Lipinski definition) is 4. The van der Waals surface area contributed by atoms with Crippen LogP contribution in [0.15, 0.2) is 114 Å². The highest BCUT2D eigenvalue weighted by molar-refractivity contribution is 7.92. The Morgan fingerprint density at radius 3 is 2.00 bits per heavy atom. The van der Waals surface area contributed by atoms with E-state index in [1.807, 2.05) is 75.4 Å². The maximum Gasteiger partial charge on any atom is 0.264 e. The van der Waals surface area contributed by atoms with Crippen LogP contribution in [0.3, 0.4) is 0 Å². The lowest BCUT2D eigenvalue weighted by Crippen LogP contribution is -2.54. The summed E-state index contributed by atoms with van der Waals surface area (Å²) in [6, 6.07) is 28.7. The maximum atomic E-state index is 14.4. The van der Waals surface area contributed by atoms with Gasteiger partial charge in [-0.2, -0.15) is 0 Å². The predicted molar refractivity (Wildman–Crippen MR) is 171 cm³/mol. The van der Waals surface area contributed by atoms with Crippen LogP contribution >= 0.6 is 0 Å². The van der Waals surface area contributed by atoms with Gasteiger partial charge >= 0.3 is 0 Å². The Balaban J connectivity index is 1.79. The van der Waals surface area contributed by atoms with Crippen LogP contribution in [0.1, 0.15) is 37.0 Å². The van der Waals surface area contributed by atoms with E-state index in [2.05, 4.69) is 5.32 Å². The van der Waals surface area contributed by atoms with Crippen molar-refractivity contribution >= 4 is 27.5 Å². The summed E-state index contributed by atoms with van der Waals surface area (Å²) in [5.74, 6) is -1.44. The van der Waals surface area contributed by atoms with Crippen LogP contribution < -0.4 is 9.62 Å². The summed E-state index contributed by atoms with van der Waals surface area (Å²) in [7, 11) is -4.24. The van der Waals surface area contributed by atoms with E-state index >= 15 is 0 Å². The molecule has 0 aromatic heterocycles. The Hall–Kier alpha value is -4.50. The first-order chi connectivity index (χ1) is 21.1. The van der Waals surface area contributed by atoms with Crippen molar-refractivity contribution in [3.8, 4) is 0 Å². The van der Waals surface area contributed by atoms with Gasteiger partial charge in [0.2, 0.25) is 11.8 Å². The second-order valence-electron chi connectivity index (χ2n) is 10.8. The summed E-state index contributed by atoms with van der Waals surface area (Å²) in [5, 5.41) is 3.02. The van der Waals surface area contributed by atoms with Gasteiger partial charge in [0, 0.05) is 19.0 Å². The zero-order chi connectivity index (χ0) is 31.7. The van der Waals surface area contributed by atoms with Crippen LogP contribution in [0.25, 0.3) is 0 Å². The van der Waals surface area contributed by atoms with Crippen molar-refractivity contribution in [3.05, 3.63) is 132 Å². The first-order valence-corrected chi connectivity index (χ1v) is 16.0. The third-order valence-corrected chi connectivity index (χ3v) is 9.26. The van der Waals surface area contributed by atoms with E-state index < -0.39 is 34.3 Å². The molecule has 44 heavy (non-hydrogen) atoms. The van der Waals surface area contributed by atoms with Gasteiger partial charge < -0.3 is 10.2 Å². The van der Waals surface area contributed by atoms with Gasteiger partial charge in [0.05, 0.1) is 10.6 Å². The molecule has 4 aromatic carbocycles. The topological polar surface area (TPSA) is 86.8 Å². The molecule has 0 heterocycles. The second kappa shape index (κ2) is 14.8. The van der Waals surface area contributed by atoms with Crippen molar-refractivity contribution in [1.82, 2.24) is 10.2 Å². The Labute approximate surface area is 259 Å². The first kappa shape index (κ1) is 32.4. The van der Waals surface area contributed by atoms with E-state index in [0.717, 1.165) is 33.1 Å². The number of nitrogens with one attached hydrogen (secondary N) is 1. The maximum absolute atomic E-state index is 14.4. The first-order valence-electron chi connectivity index (χ1n) is 14.6. The van der Waals surface area contributed by atoms with Crippen molar-refractivity contribution in [2.75, 3.05) is 10.8 Å². The quantitative estimate of drug-likeness (QED) is 0.203. The molecule has 4 aromatic rings. The van der Waals surface area contributed by atoms with Crippen molar-refractivity contribution in [3.63, 3.8) is 0 Å². The largest absolute Gasteiger partial charge is 0.352 e. The summed E-state index contributed by atoms with van der Waals surface area (Å²) in [6.45, 7) is 5.29. The standard InChI is InChI=1S/C35H38FN3O4S/c1-4-27(3)37-35(41)33(23-28-11-7-5-8-12-28)38(24-29-17-15-26(2)16-18-29)34(40)25-39(31-21-19-30(36)20-22-31)44(42,43)32-13-9-6-10-14-32/h5-22,27,33H,4,23-25H2,1-3H3,(H,37,41)/t27-,33+/m1/s1. The molecule has 0 saturated carbocycles. The molecule has 0 fully saturated rings. The van der Waals surface area contributed by atoms with Crippen LogP contribution in [-0.4, -0.2) is 43.8 Å². The number of amides is 2. The Morgan fingerprint density at radius 2 is 1.41 bits per heavy atom. The molecule has 7 nitrogen and oxygen atoms in total. The van der Waals surface area contributed by atoms with E-state index in [4.69, 9.17) is 0 Å². The summed E-state index contributed by atoms with van der Waals surface area (Å²) in [6.07, 6.45) is 0.923. The van der Waals surface area contributed by atoms with Gasteiger partial charge in [-0.05, 0) is 67.8 Å². The number of halogens is 1. The molecule has 2 amide bonds. The molecule has 230 valence electrons. The van der Waals surface area contributed by atoms with Crippen LogP contribution in [0, 0.1) is 12.7 Å². The summed E-state index contributed by atoms with van der Waals surface area (Å²) < 4.78 is 42.7.